The summed E-state index contributed by atoms with van der Waals surface area (Å²) in [5, 5.41) is 16.0. The largest absolute Gasteiger partial charge is 0.394 e. The maximum absolute atomic E-state index is 12.2. The molecule has 2 rings (SSSR count). The zero-order valence-corrected chi connectivity index (χ0v) is 16.5. The Labute approximate surface area is 165 Å². The lowest BCUT2D eigenvalue weighted by atomic mass is 9.97. The second-order valence-corrected chi connectivity index (χ2v) is 7.51. The van der Waals surface area contributed by atoms with Gasteiger partial charge in [-0.2, -0.15) is 0 Å². The Hall–Kier alpha value is -1.67. The highest BCUT2D eigenvalue weighted by Gasteiger charge is 2.32. The Bertz CT molecular complexity index is 624. The van der Waals surface area contributed by atoms with Crippen LogP contribution < -0.4 is 10.6 Å². The standard InChI is InChI=1S/C19H28ClN3O4/c1-23(2)11-19(26)22-16-8-7-15(27-17(16)12-24)9-18(25)21-10-13-3-5-14(20)6-4-13/h3-6,15-17,24H,7-12H2,1-2H3,(H,21,25)(H,22,26)/t15-,16-,17-/m1/s1. The van der Waals surface area contributed by atoms with Crippen molar-refractivity contribution >= 4 is 23.4 Å². The molecule has 3 atom stereocenters. The minimum Gasteiger partial charge on any atom is -0.394 e. The van der Waals surface area contributed by atoms with Crippen molar-refractivity contribution in [3.05, 3.63) is 34.9 Å². The molecule has 1 aliphatic rings. The summed E-state index contributed by atoms with van der Waals surface area (Å²) in [5.74, 6) is -0.215. The van der Waals surface area contributed by atoms with Gasteiger partial charge in [0.15, 0.2) is 0 Å². The van der Waals surface area contributed by atoms with Gasteiger partial charge in [-0.15, -0.1) is 0 Å². The van der Waals surface area contributed by atoms with Crippen LogP contribution in [0, 0.1) is 0 Å². The van der Waals surface area contributed by atoms with E-state index in [9.17, 15) is 14.7 Å². The molecule has 7 nitrogen and oxygen atoms in total. The number of likely N-dealkylation sites (N-methyl/N-ethyl adjacent to an activating group) is 1. The fourth-order valence-corrected chi connectivity index (χ4v) is 3.19. The van der Waals surface area contributed by atoms with Crippen molar-refractivity contribution in [2.75, 3.05) is 27.2 Å². The van der Waals surface area contributed by atoms with Crippen molar-refractivity contribution < 1.29 is 19.4 Å². The maximum Gasteiger partial charge on any atom is 0.234 e. The molecule has 1 aliphatic heterocycles. The van der Waals surface area contributed by atoms with Crippen LogP contribution in [0.4, 0.5) is 0 Å². The average molecular weight is 398 g/mol. The Morgan fingerprint density at radius 1 is 1.22 bits per heavy atom. The van der Waals surface area contributed by atoms with Crippen LogP contribution in [-0.4, -0.2) is 67.3 Å². The highest BCUT2D eigenvalue weighted by molar-refractivity contribution is 6.30. The molecule has 0 bridgehead atoms. The number of aliphatic hydroxyl groups is 1. The molecule has 0 spiro atoms. The quantitative estimate of drug-likeness (QED) is 0.607. The number of amides is 2. The number of nitrogens with zero attached hydrogens (tertiary/aromatic N) is 1. The summed E-state index contributed by atoms with van der Waals surface area (Å²) in [4.78, 5) is 25.9. The molecular weight excluding hydrogens is 370 g/mol. The summed E-state index contributed by atoms with van der Waals surface area (Å²) in [7, 11) is 3.64. The molecule has 1 fully saturated rings. The highest BCUT2D eigenvalue weighted by Crippen LogP contribution is 2.22. The van der Waals surface area contributed by atoms with E-state index >= 15 is 0 Å². The molecular formula is C19H28ClN3O4. The first kappa shape index (κ1) is 21.6. The third-order valence-electron chi connectivity index (χ3n) is 4.42. The first-order chi connectivity index (χ1) is 12.9. The number of aliphatic hydroxyl groups excluding tert-OH is 1. The monoisotopic (exact) mass is 397 g/mol. The number of carbonyl (C=O) groups is 2. The average Bonchev–Trinajstić information content (AvgIpc) is 2.61. The van der Waals surface area contributed by atoms with E-state index in [0.717, 1.165) is 5.56 Å². The van der Waals surface area contributed by atoms with Crippen molar-refractivity contribution in [3.8, 4) is 0 Å². The van der Waals surface area contributed by atoms with Gasteiger partial charge < -0.3 is 25.4 Å². The molecule has 150 valence electrons. The number of carbonyl (C=O) groups excluding carboxylic acids is 2. The van der Waals surface area contributed by atoms with E-state index in [1.807, 2.05) is 26.2 Å². The summed E-state index contributed by atoms with van der Waals surface area (Å²) in [5.41, 5.74) is 0.967. The van der Waals surface area contributed by atoms with Gasteiger partial charge in [-0.25, -0.2) is 0 Å². The summed E-state index contributed by atoms with van der Waals surface area (Å²) in [6, 6.07) is 7.05. The zero-order valence-electron chi connectivity index (χ0n) is 15.8. The van der Waals surface area contributed by atoms with E-state index in [2.05, 4.69) is 10.6 Å². The number of nitrogens with one attached hydrogen (secondary N) is 2. The van der Waals surface area contributed by atoms with E-state index < -0.39 is 6.10 Å². The van der Waals surface area contributed by atoms with Crippen molar-refractivity contribution in [1.29, 1.82) is 0 Å². The third-order valence-corrected chi connectivity index (χ3v) is 4.67. The minimum atomic E-state index is -0.501. The van der Waals surface area contributed by atoms with Crippen LogP contribution in [0.25, 0.3) is 0 Å². The van der Waals surface area contributed by atoms with Crippen LogP contribution in [-0.2, 0) is 20.9 Å². The molecule has 1 saturated heterocycles. The van der Waals surface area contributed by atoms with Gasteiger partial charge in [0.2, 0.25) is 11.8 Å². The number of benzene rings is 1. The highest BCUT2D eigenvalue weighted by atomic mass is 35.5. The third kappa shape index (κ3) is 7.46. The van der Waals surface area contributed by atoms with Gasteiger partial charge in [-0.3, -0.25) is 9.59 Å². The van der Waals surface area contributed by atoms with E-state index in [1.165, 1.54) is 0 Å². The normalized spacial score (nSPS) is 22.5. The predicted octanol–water partition coefficient (Wildman–Crippen LogP) is 0.933. The number of halogens is 1. The molecule has 0 radical (unpaired) electrons. The second-order valence-electron chi connectivity index (χ2n) is 7.08. The fourth-order valence-electron chi connectivity index (χ4n) is 3.07. The molecule has 1 heterocycles. The van der Waals surface area contributed by atoms with Gasteiger partial charge >= 0.3 is 0 Å². The maximum atomic E-state index is 12.2. The van der Waals surface area contributed by atoms with Crippen molar-refractivity contribution in [2.24, 2.45) is 0 Å². The Morgan fingerprint density at radius 2 is 1.93 bits per heavy atom. The zero-order chi connectivity index (χ0) is 19.8. The van der Waals surface area contributed by atoms with Gasteiger partial charge in [-0.1, -0.05) is 23.7 Å². The SMILES string of the molecule is CN(C)CC(=O)N[C@@H]1CC[C@H](CC(=O)NCc2ccc(Cl)cc2)O[C@@H]1CO. The molecule has 0 saturated carbocycles. The lowest BCUT2D eigenvalue weighted by Crippen LogP contribution is -2.52. The summed E-state index contributed by atoms with van der Waals surface area (Å²) >= 11 is 5.85. The summed E-state index contributed by atoms with van der Waals surface area (Å²) in [6.07, 6.45) is 0.771. The molecule has 3 N–H and O–H groups in total. The van der Waals surface area contributed by atoms with E-state index in [-0.39, 0.29) is 43.5 Å². The number of hydrogen-bond donors (Lipinski definition) is 3. The van der Waals surface area contributed by atoms with Crippen LogP contribution in [0.3, 0.4) is 0 Å². The molecule has 0 aromatic heterocycles. The Morgan fingerprint density at radius 3 is 2.56 bits per heavy atom. The lowest BCUT2D eigenvalue weighted by molar-refractivity contribution is -0.136. The van der Waals surface area contributed by atoms with Crippen LogP contribution in [0.1, 0.15) is 24.8 Å². The first-order valence-electron chi connectivity index (χ1n) is 9.09. The molecule has 8 heteroatoms. The Kier molecular flexibility index (Phi) is 8.50. The molecule has 27 heavy (non-hydrogen) atoms. The van der Waals surface area contributed by atoms with Crippen LogP contribution in [0.2, 0.25) is 5.02 Å². The molecule has 1 aromatic carbocycles. The van der Waals surface area contributed by atoms with Crippen molar-refractivity contribution in [2.45, 2.75) is 44.1 Å². The minimum absolute atomic E-state index is 0.105. The van der Waals surface area contributed by atoms with Crippen LogP contribution in [0.15, 0.2) is 24.3 Å². The first-order valence-corrected chi connectivity index (χ1v) is 9.46. The second kappa shape index (κ2) is 10.6. The summed E-state index contributed by atoms with van der Waals surface area (Å²) in [6.45, 7) is 0.510. The topological polar surface area (TPSA) is 90.9 Å². The summed E-state index contributed by atoms with van der Waals surface area (Å²) < 4.78 is 5.84. The predicted molar refractivity (Wildman–Crippen MR) is 103 cm³/mol. The number of hydrogen-bond acceptors (Lipinski definition) is 5. The van der Waals surface area contributed by atoms with Crippen LogP contribution >= 0.6 is 11.6 Å². The van der Waals surface area contributed by atoms with E-state index in [0.29, 0.717) is 24.4 Å². The van der Waals surface area contributed by atoms with Crippen molar-refractivity contribution in [3.63, 3.8) is 0 Å². The van der Waals surface area contributed by atoms with Gasteiger partial charge in [0.25, 0.3) is 0 Å². The molecule has 0 unspecified atom stereocenters. The fraction of sp³-hybridized carbons (Fsp3) is 0.579. The van der Waals surface area contributed by atoms with Crippen LogP contribution in [0.5, 0.6) is 0 Å². The van der Waals surface area contributed by atoms with Gasteiger partial charge in [-0.05, 0) is 44.6 Å². The van der Waals surface area contributed by atoms with Gasteiger partial charge in [0.1, 0.15) is 6.10 Å². The molecule has 2 amide bonds. The molecule has 1 aromatic rings. The van der Waals surface area contributed by atoms with Gasteiger partial charge in [0, 0.05) is 11.6 Å². The van der Waals surface area contributed by atoms with E-state index in [1.54, 1.807) is 17.0 Å². The smallest absolute Gasteiger partial charge is 0.234 e. The van der Waals surface area contributed by atoms with E-state index in [4.69, 9.17) is 16.3 Å². The van der Waals surface area contributed by atoms with Gasteiger partial charge in [0.05, 0.1) is 31.7 Å². The number of rotatable bonds is 8. The number of ether oxygens (including phenoxy) is 1. The lowest BCUT2D eigenvalue weighted by Gasteiger charge is -2.36. The molecule has 0 aliphatic carbocycles. The Balaban J connectivity index is 1.77. The van der Waals surface area contributed by atoms with Crippen molar-refractivity contribution in [1.82, 2.24) is 15.5 Å².